The molecule has 0 radical (unpaired) electrons. The summed E-state index contributed by atoms with van der Waals surface area (Å²) in [7, 11) is 3.20. The quantitative estimate of drug-likeness (QED) is 0.480. The molecule has 0 fully saturated rings. The molecule has 0 amide bonds. The van der Waals surface area contributed by atoms with Crippen LogP contribution in [0, 0.1) is 0 Å². The Balaban J connectivity index is 1.81. The van der Waals surface area contributed by atoms with Crippen LogP contribution >= 0.6 is 0 Å². The zero-order valence-corrected chi connectivity index (χ0v) is 22.3. The van der Waals surface area contributed by atoms with Gasteiger partial charge in [0.25, 0.3) is 0 Å². The molecule has 0 saturated carbocycles. The van der Waals surface area contributed by atoms with Gasteiger partial charge in [0.05, 0.1) is 38.4 Å². The van der Waals surface area contributed by atoms with E-state index >= 15 is 0 Å². The fraction of sp³-hybridized carbons (Fsp3) is 0.400. The molecule has 1 aliphatic carbocycles. The normalized spacial score (nSPS) is 19.4. The third-order valence-corrected chi connectivity index (χ3v) is 6.79. The van der Waals surface area contributed by atoms with Crippen molar-refractivity contribution in [1.82, 2.24) is 5.32 Å². The number of ether oxygens (including phenoxy) is 4. The number of carbonyl (C=O) groups is 2. The Bertz CT molecular complexity index is 1260. The second kappa shape index (κ2) is 11.1. The molecule has 37 heavy (non-hydrogen) atoms. The van der Waals surface area contributed by atoms with Crippen LogP contribution < -0.4 is 19.5 Å². The van der Waals surface area contributed by atoms with Gasteiger partial charge >= 0.3 is 5.97 Å². The number of hydrogen-bond donors (Lipinski definition) is 1. The van der Waals surface area contributed by atoms with Crippen LogP contribution in [-0.2, 0) is 14.3 Å². The van der Waals surface area contributed by atoms with Crippen molar-refractivity contribution in [3.05, 3.63) is 76.1 Å². The summed E-state index contributed by atoms with van der Waals surface area (Å²) in [5, 5.41) is 3.39. The number of nitrogens with one attached hydrogen (secondary N) is 1. The lowest BCUT2D eigenvalue weighted by atomic mass is 9.71. The Labute approximate surface area is 218 Å². The molecule has 0 saturated heterocycles. The maximum atomic E-state index is 13.9. The van der Waals surface area contributed by atoms with Gasteiger partial charge in [-0.1, -0.05) is 24.3 Å². The first kappa shape index (κ1) is 26.3. The molecule has 7 nitrogen and oxygen atoms in total. The predicted molar refractivity (Wildman–Crippen MR) is 141 cm³/mol. The number of esters is 1. The average molecular weight is 506 g/mol. The highest BCUT2D eigenvalue weighted by Crippen LogP contribution is 2.48. The largest absolute Gasteiger partial charge is 0.493 e. The van der Waals surface area contributed by atoms with Crippen molar-refractivity contribution in [1.29, 1.82) is 0 Å². The van der Waals surface area contributed by atoms with Gasteiger partial charge in [0, 0.05) is 29.0 Å². The number of rotatable bonds is 8. The Morgan fingerprint density at radius 1 is 1.03 bits per heavy atom. The van der Waals surface area contributed by atoms with Gasteiger partial charge in [-0.05, 0) is 63.8 Å². The van der Waals surface area contributed by atoms with Gasteiger partial charge in [-0.25, -0.2) is 4.79 Å². The topological polar surface area (TPSA) is 83.1 Å². The second-order valence-corrected chi connectivity index (χ2v) is 9.56. The predicted octanol–water partition coefficient (Wildman–Crippen LogP) is 5.42. The first-order valence-electron chi connectivity index (χ1n) is 12.7. The van der Waals surface area contributed by atoms with E-state index in [1.165, 1.54) is 0 Å². The Kier molecular flexibility index (Phi) is 7.91. The molecule has 2 aromatic rings. The van der Waals surface area contributed by atoms with Crippen LogP contribution in [0.2, 0.25) is 0 Å². The van der Waals surface area contributed by atoms with Crippen LogP contribution in [0.25, 0.3) is 0 Å². The summed E-state index contributed by atoms with van der Waals surface area (Å²) in [4.78, 5) is 27.1. The molecule has 2 aliphatic rings. The van der Waals surface area contributed by atoms with E-state index < -0.39 is 11.9 Å². The molecule has 0 aromatic heterocycles. The SMILES string of the molecule is CCOC(=O)C1=C(C)NC2=C(C(=O)C[C@@H](c3ccc(OC)c(OC)c3)C2)[C@@H]1c1ccccc1OC(C)C. The van der Waals surface area contributed by atoms with Crippen LogP contribution in [0.15, 0.2) is 65.0 Å². The highest BCUT2D eigenvalue weighted by atomic mass is 16.5. The smallest absolute Gasteiger partial charge is 0.336 e. The van der Waals surface area contributed by atoms with E-state index in [1.54, 1.807) is 21.1 Å². The standard InChI is InChI=1S/C30H35NO6/c1-7-36-30(33)27-18(4)31-22-14-20(19-12-13-25(34-5)26(16-19)35-6)15-23(32)29(22)28(27)21-10-8-9-11-24(21)37-17(2)3/h8-13,16-17,20,28,31H,7,14-15H2,1-6H3/t20-,28+/m0/s1. The van der Waals surface area contributed by atoms with E-state index in [0.29, 0.717) is 46.9 Å². The van der Waals surface area contributed by atoms with Crippen LogP contribution in [-0.4, -0.2) is 38.7 Å². The van der Waals surface area contributed by atoms with Crippen LogP contribution in [0.1, 0.15) is 63.5 Å². The van der Waals surface area contributed by atoms with Crippen molar-refractivity contribution in [2.75, 3.05) is 20.8 Å². The molecule has 7 heteroatoms. The van der Waals surface area contributed by atoms with Crippen molar-refractivity contribution in [2.24, 2.45) is 0 Å². The summed E-state index contributed by atoms with van der Waals surface area (Å²) in [5.74, 6) is 0.861. The van der Waals surface area contributed by atoms with Crippen LogP contribution in [0.3, 0.4) is 0 Å². The minimum atomic E-state index is -0.580. The molecule has 2 aromatic carbocycles. The molecular weight excluding hydrogens is 470 g/mol. The van der Waals surface area contributed by atoms with Crippen molar-refractivity contribution in [3.8, 4) is 17.2 Å². The van der Waals surface area contributed by atoms with Crippen LogP contribution in [0.4, 0.5) is 0 Å². The molecule has 1 heterocycles. The molecule has 196 valence electrons. The van der Waals surface area contributed by atoms with Crippen molar-refractivity contribution >= 4 is 11.8 Å². The van der Waals surface area contributed by atoms with Crippen molar-refractivity contribution in [3.63, 3.8) is 0 Å². The summed E-state index contributed by atoms with van der Waals surface area (Å²) in [5.41, 5.74) is 4.33. The number of hydrogen-bond acceptors (Lipinski definition) is 7. The molecule has 0 spiro atoms. The van der Waals surface area contributed by atoms with E-state index in [2.05, 4.69) is 5.32 Å². The van der Waals surface area contributed by atoms with E-state index in [0.717, 1.165) is 16.8 Å². The zero-order chi connectivity index (χ0) is 26.7. The lowest BCUT2D eigenvalue weighted by molar-refractivity contribution is -0.138. The fourth-order valence-electron chi connectivity index (χ4n) is 5.25. The van der Waals surface area contributed by atoms with Gasteiger partial charge in [0.2, 0.25) is 0 Å². The average Bonchev–Trinajstić information content (AvgIpc) is 2.87. The Morgan fingerprint density at radius 2 is 1.76 bits per heavy atom. The molecule has 0 bridgehead atoms. The van der Waals surface area contributed by atoms with Crippen LogP contribution in [0.5, 0.6) is 17.2 Å². The summed E-state index contributed by atoms with van der Waals surface area (Å²) < 4.78 is 22.4. The van der Waals surface area contributed by atoms with Gasteiger partial charge in [-0.2, -0.15) is 0 Å². The summed E-state index contributed by atoms with van der Waals surface area (Å²) in [6.07, 6.45) is 0.867. The number of para-hydroxylation sites is 1. The number of Topliss-reactive ketones (excluding diaryl/α,β-unsaturated/α-hetero) is 1. The van der Waals surface area contributed by atoms with E-state index in [4.69, 9.17) is 18.9 Å². The summed E-state index contributed by atoms with van der Waals surface area (Å²) in [6, 6.07) is 13.4. The number of ketones is 1. The van der Waals surface area contributed by atoms with Gasteiger partial charge < -0.3 is 24.3 Å². The third-order valence-electron chi connectivity index (χ3n) is 6.79. The molecule has 0 unspecified atom stereocenters. The summed E-state index contributed by atoms with van der Waals surface area (Å²) >= 11 is 0. The monoisotopic (exact) mass is 505 g/mol. The first-order valence-corrected chi connectivity index (χ1v) is 12.7. The zero-order valence-electron chi connectivity index (χ0n) is 22.3. The second-order valence-electron chi connectivity index (χ2n) is 9.56. The highest BCUT2D eigenvalue weighted by Gasteiger charge is 2.42. The fourth-order valence-corrected chi connectivity index (χ4v) is 5.25. The third kappa shape index (κ3) is 5.22. The van der Waals surface area contributed by atoms with E-state index in [9.17, 15) is 9.59 Å². The molecule has 4 rings (SSSR count). The molecule has 1 aliphatic heterocycles. The van der Waals surface area contributed by atoms with Crippen molar-refractivity contribution in [2.45, 2.75) is 58.5 Å². The Morgan fingerprint density at radius 3 is 2.43 bits per heavy atom. The number of methoxy groups -OCH3 is 2. The molecule has 2 atom stereocenters. The highest BCUT2D eigenvalue weighted by molar-refractivity contribution is 6.04. The maximum absolute atomic E-state index is 13.9. The van der Waals surface area contributed by atoms with E-state index in [1.807, 2.05) is 63.2 Å². The minimum Gasteiger partial charge on any atom is -0.493 e. The lowest BCUT2D eigenvalue weighted by Gasteiger charge is -2.37. The number of carbonyl (C=O) groups excluding carboxylic acids is 2. The van der Waals surface area contributed by atoms with Gasteiger partial charge in [0.1, 0.15) is 5.75 Å². The van der Waals surface area contributed by atoms with Gasteiger partial charge in [-0.15, -0.1) is 0 Å². The number of dihydropyridines is 1. The molecule has 1 N–H and O–H groups in total. The number of allylic oxidation sites excluding steroid dienone is 3. The minimum absolute atomic E-state index is 0.00724. The van der Waals surface area contributed by atoms with Crippen molar-refractivity contribution < 1.29 is 28.5 Å². The summed E-state index contributed by atoms with van der Waals surface area (Å²) in [6.45, 7) is 7.79. The Hall–Kier alpha value is -3.74. The van der Waals surface area contributed by atoms with E-state index in [-0.39, 0.29) is 24.4 Å². The first-order chi connectivity index (χ1) is 17.8. The molecular formula is C30H35NO6. The maximum Gasteiger partial charge on any atom is 0.336 e. The number of benzene rings is 2. The lowest BCUT2D eigenvalue weighted by Crippen LogP contribution is -2.36. The van der Waals surface area contributed by atoms with Gasteiger partial charge in [0.15, 0.2) is 17.3 Å². The van der Waals surface area contributed by atoms with Gasteiger partial charge in [-0.3, -0.25) is 4.79 Å².